The summed E-state index contributed by atoms with van der Waals surface area (Å²) < 4.78 is 0. The zero-order valence-corrected chi connectivity index (χ0v) is 15.0. The Hall–Kier alpha value is -2.99. The first-order chi connectivity index (χ1) is 12.6. The molecule has 0 saturated heterocycles. The van der Waals surface area contributed by atoms with Crippen LogP contribution in [0.2, 0.25) is 5.02 Å². The van der Waals surface area contributed by atoms with Crippen molar-refractivity contribution in [3.63, 3.8) is 0 Å². The fourth-order valence-corrected chi connectivity index (χ4v) is 2.47. The lowest BCUT2D eigenvalue weighted by Crippen LogP contribution is -2.09. The van der Waals surface area contributed by atoms with Gasteiger partial charge >= 0.3 is 0 Å². The second-order valence-electron chi connectivity index (χ2n) is 5.73. The van der Waals surface area contributed by atoms with E-state index in [4.69, 9.17) is 11.6 Å². The molecule has 1 heterocycles. The first-order valence-electron chi connectivity index (χ1n) is 8.16. The van der Waals surface area contributed by atoms with Crippen molar-refractivity contribution in [3.8, 4) is 0 Å². The average molecular weight is 368 g/mol. The Morgan fingerprint density at radius 2 is 1.81 bits per heavy atom. The molecule has 0 fully saturated rings. The van der Waals surface area contributed by atoms with E-state index in [1.807, 2.05) is 36.4 Å². The van der Waals surface area contributed by atoms with Crippen molar-refractivity contribution in [2.45, 2.75) is 13.3 Å². The lowest BCUT2D eigenvalue weighted by molar-refractivity contribution is 0.101. The van der Waals surface area contributed by atoms with Gasteiger partial charge in [0, 0.05) is 22.8 Å². The van der Waals surface area contributed by atoms with Crippen molar-refractivity contribution in [1.29, 1.82) is 0 Å². The summed E-state index contributed by atoms with van der Waals surface area (Å²) in [6, 6.07) is 14.9. The van der Waals surface area contributed by atoms with Crippen LogP contribution in [0.4, 0.5) is 17.5 Å². The Bertz CT molecular complexity index is 881. The number of benzene rings is 2. The summed E-state index contributed by atoms with van der Waals surface area (Å²) in [5.74, 6) is 1.06. The molecule has 0 bridgehead atoms. The first kappa shape index (κ1) is 17.8. The third-order valence-corrected chi connectivity index (χ3v) is 3.98. The van der Waals surface area contributed by atoms with E-state index in [0.717, 1.165) is 17.1 Å². The van der Waals surface area contributed by atoms with Crippen LogP contribution < -0.4 is 10.6 Å². The highest BCUT2D eigenvalue weighted by atomic mass is 35.5. The average Bonchev–Trinajstić information content (AvgIpc) is 2.64. The van der Waals surface area contributed by atoms with Gasteiger partial charge in [-0.25, -0.2) is 0 Å². The number of ketones is 1. The number of carbonyl (C=O) groups is 1. The summed E-state index contributed by atoms with van der Waals surface area (Å²) in [5, 5.41) is 15.0. The highest BCUT2D eigenvalue weighted by Gasteiger charge is 2.03. The zero-order chi connectivity index (χ0) is 18.4. The maximum absolute atomic E-state index is 11.3. The monoisotopic (exact) mass is 367 g/mol. The maximum Gasteiger partial charge on any atom is 0.244 e. The molecule has 1 aromatic heterocycles. The van der Waals surface area contributed by atoms with E-state index >= 15 is 0 Å². The van der Waals surface area contributed by atoms with Crippen LogP contribution in [-0.4, -0.2) is 27.5 Å². The van der Waals surface area contributed by atoms with Gasteiger partial charge in [-0.1, -0.05) is 23.7 Å². The van der Waals surface area contributed by atoms with E-state index in [2.05, 4.69) is 25.8 Å². The number of Topliss-reactive ketones (excluding diaryl/α,β-unsaturated/α-hetero) is 1. The van der Waals surface area contributed by atoms with Gasteiger partial charge in [0.05, 0.1) is 6.20 Å². The third kappa shape index (κ3) is 5.00. The summed E-state index contributed by atoms with van der Waals surface area (Å²) in [5.41, 5.74) is 2.67. The van der Waals surface area contributed by atoms with Gasteiger partial charge in [0.2, 0.25) is 5.95 Å². The molecule has 0 unspecified atom stereocenters. The van der Waals surface area contributed by atoms with Gasteiger partial charge in [-0.15, -0.1) is 5.10 Å². The lowest BCUT2D eigenvalue weighted by atomic mass is 10.1. The molecule has 0 amide bonds. The fourth-order valence-electron chi connectivity index (χ4n) is 2.34. The van der Waals surface area contributed by atoms with Crippen molar-refractivity contribution in [2.75, 3.05) is 17.2 Å². The van der Waals surface area contributed by atoms with E-state index in [1.165, 1.54) is 5.56 Å². The highest BCUT2D eigenvalue weighted by Crippen LogP contribution is 2.16. The molecular formula is C19H18ClN5O. The number of nitrogens with zero attached hydrogens (tertiary/aromatic N) is 3. The van der Waals surface area contributed by atoms with Gasteiger partial charge in [-0.3, -0.25) is 4.79 Å². The Morgan fingerprint density at radius 3 is 2.50 bits per heavy atom. The van der Waals surface area contributed by atoms with Crippen molar-refractivity contribution in [3.05, 3.63) is 70.9 Å². The Morgan fingerprint density at radius 1 is 1.08 bits per heavy atom. The maximum atomic E-state index is 11.3. The molecule has 0 aliphatic heterocycles. The largest absolute Gasteiger partial charge is 0.353 e. The molecule has 0 saturated carbocycles. The number of halogens is 1. The van der Waals surface area contributed by atoms with Crippen molar-refractivity contribution in [2.24, 2.45) is 0 Å². The zero-order valence-electron chi connectivity index (χ0n) is 14.2. The predicted octanol–water partition coefficient (Wildman–Crippen LogP) is 4.13. The molecule has 2 N–H and O–H groups in total. The second kappa shape index (κ2) is 8.40. The number of rotatable bonds is 7. The third-order valence-electron chi connectivity index (χ3n) is 3.73. The smallest absolute Gasteiger partial charge is 0.244 e. The Balaban J connectivity index is 1.57. The molecule has 6 nitrogen and oxygen atoms in total. The number of aromatic nitrogens is 3. The molecule has 0 aliphatic carbocycles. The molecule has 0 aliphatic rings. The number of hydrogen-bond acceptors (Lipinski definition) is 6. The van der Waals surface area contributed by atoms with Crippen molar-refractivity contribution < 1.29 is 4.79 Å². The molecule has 3 rings (SSSR count). The van der Waals surface area contributed by atoms with Crippen LogP contribution in [0.1, 0.15) is 22.8 Å². The quantitative estimate of drug-likeness (QED) is 0.611. The minimum atomic E-state index is 0.0347. The summed E-state index contributed by atoms with van der Waals surface area (Å²) in [6.45, 7) is 2.22. The lowest BCUT2D eigenvalue weighted by Gasteiger charge is -2.08. The van der Waals surface area contributed by atoms with Crippen LogP contribution in [0.15, 0.2) is 54.7 Å². The van der Waals surface area contributed by atoms with E-state index in [1.54, 1.807) is 25.3 Å². The number of anilines is 3. The number of hydrogen-bond donors (Lipinski definition) is 2. The molecule has 2 aromatic carbocycles. The Kier molecular flexibility index (Phi) is 5.76. The van der Waals surface area contributed by atoms with E-state index < -0.39 is 0 Å². The molecule has 3 aromatic rings. The van der Waals surface area contributed by atoms with Gasteiger partial charge < -0.3 is 10.6 Å². The minimum Gasteiger partial charge on any atom is -0.353 e. The van der Waals surface area contributed by atoms with Gasteiger partial charge in [0.15, 0.2) is 11.6 Å². The van der Waals surface area contributed by atoms with E-state index in [-0.39, 0.29) is 5.78 Å². The summed E-state index contributed by atoms with van der Waals surface area (Å²) in [6.07, 6.45) is 2.37. The van der Waals surface area contributed by atoms with Crippen LogP contribution >= 0.6 is 11.6 Å². The van der Waals surface area contributed by atoms with Crippen LogP contribution in [0.3, 0.4) is 0 Å². The van der Waals surface area contributed by atoms with Gasteiger partial charge in [0.25, 0.3) is 0 Å². The SMILES string of the molecule is CC(=O)c1ccc(Nc2cnnc(NCCc3ccc(Cl)cc3)n2)cc1. The molecule has 0 atom stereocenters. The minimum absolute atomic E-state index is 0.0347. The standard InChI is InChI=1S/C19H18ClN5O/c1-13(26)15-4-8-17(9-5-15)23-18-12-22-25-19(24-18)21-11-10-14-2-6-16(20)7-3-14/h2-9,12H,10-11H2,1H3,(H2,21,23,24,25). The van der Waals surface area contributed by atoms with E-state index in [9.17, 15) is 4.79 Å². The summed E-state index contributed by atoms with van der Waals surface area (Å²) in [4.78, 5) is 15.7. The summed E-state index contributed by atoms with van der Waals surface area (Å²) in [7, 11) is 0. The molecule has 26 heavy (non-hydrogen) atoms. The number of nitrogens with one attached hydrogen (secondary N) is 2. The van der Waals surface area contributed by atoms with Gasteiger partial charge in [-0.05, 0) is 55.3 Å². The summed E-state index contributed by atoms with van der Waals surface area (Å²) >= 11 is 5.88. The second-order valence-corrected chi connectivity index (χ2v) is 6.16. The normalized spacial score (nSPS) is 10.4. The fraction of sp³-hybridized carbons (Fsp3) is 0.158. The topological polar surface area (TPSA) is 79.8 Å². The van der Waals surface area contributed by atoms with Crippen LogP contribution in [0.5, 0.6) is 0 Å². The Labute approximate surface area is 156 Å². The molecule has 0 spiro atoms. The van der Waals surface area contributed by atoms with Crippen LogP contribution in [0, 0.1) is 0 Å². The van der Waals surface area contributed by atoms with E-state index in [0.29, 0.717) is 23.9 Å². The number of carbonyl (C=O) groups excluding carboxylic acids is 1. The van der Waals surface area contributed by atoms with Gasteiger partial charge in [-0.2, -0.15) is 10.1 Å². The molecule has 7 heteroatoms. The van der Waals surface area contributed by atoms with Crippen LogP contribution in [0.25, 0.3) is 0 Å². The predicted molar refractivity (Wildman–Crippen MR) is 103 cm³/mol. The first-order valence-corrected chi connectivity index (χ1v) is 8.54. The highest BCUT2D eigenvalue weighted by molar-refractivity contribution is 6.30. The van der Waals surface area contributed by atoms with Crippen LogP contribution in [-0.2, 0) is 6.42 Å². The van der Waals surface area contributed by atoms with Gasteiger partial charge in [0.1, 0.15) is 0 Å². The molecular weight excluding hydrogens is 350 g/mol. The molecule has 132 valence electrons. The van der Waals surface area contributed by atoms with Crippen molar-refractivity contribution in [1.82, 2.24) is 15.2 Å². The molecule has 0 radical (unpaired) electrons. The van der Waals surface area contributed by atoms with Crippen molar-refractivity contribution >= 4 is 34.8 Å².